The molecule has 0 bridgehead atoms. The Kier molecular flexibility index (Phi) is 1.67. The van der Waals surface area contributed by atoms with Gasteiger partial charge in [0, 0.05) is 4.47 Å². The van der Waals surface area contributed by atoms with Crippen molar-refractivity contribution < 1.29 is 0 Å². The number of fused-ring (bicyclic) bond motifs is 1. The Morgan fingerprint density at radius 3 is 2.21 bits per heavy atom. The van der Waals surface area contributed by atoms with E-state index in [0.717, 1.165) is 0 Å². The zero-order chi connectivity index (χ0) is 12.6. The maximum absolute atomic E-state index is 3.68. The summed E-state index contributed by atoms with van der Waals surface area (Å²) in [6, 6.07) is 19.9. The molecule has 0 spiro atoms. The van der Waals surface area contributed by atoms with Gasteiger partial charge in [-0.3, -0.25) is 0 Å². The molecule has 4 aromatic rings. The molecule has 0 N–H and O–H groups in total. The van der Waals surface area contributed by atoms with Crippen LogP contribution in [0.4, 0.5) is 0 Å². The van der Waals surface area contributed by atoms with Crippen LogP contribution in [0.2, 0.25) is 0 Å². The summed E-state index contributed by atoms with van der Waals surface area (Å²) in [6.07, 6.45) is 0. The first-order valence-electron chi connectivity index (χ1n) is 6.42. The van der Waals surface area contributed by atoms with Crippen molar-refractivity contribution in [3.63, 3.8) is 0 Å². The van der Waals surface area contributed by atoms with Gasteiger partial charge in [0.2, 0.25) is 0 Å². The Bertz CT molecular complexity index is 1010. The van der Waals surface area contributed by atoms with Crippen LogP contribution in [-0.4, -0.2) is 0 Å². The number of hydrogen-bond donors (Lipinski definition) is 0. The number of rotatable bonds is 0. The van der Waals surface area contributed by atoms with Crippen molar-refractivity contribution in [3.05, 3.63) is 59.1 Å². The third-order valence-electron chi connectivity index (χ3n) is 4.24. The lowest BCUT2D eigenvalue weighted by atomic mass is 10.0. The molecule has 0 unspecified atom stereocenters. The van der Waals surface area contributed by atoms with Crippen molar-refractivity contribution in [2.24, 2.45) is 0 Å². The van der Waals surface area contributed by atoms with Gasteiger partial charge in [-0.1, -0.05) is 64.5 Å². The average Bonchev–Trinajstić information content (AvgIpc) is 2.79. The van der Waals surface area contributed by atoms with Crippen LogP contribution in [-0.2, 0) is 0 Å². The van der Waals surface area contributed by atoms with Crippen LogP contribution in [0.5, 0.6) is 0 Å². The van der Waals surface area contributed by atoms with Crippen molar-refractivity contribution in [2.45, 2.75) is 0 Å². The van der Waals surface area contributed by atoms with Crippen LogP contribution in [0.3, 0.4) is 0 Å². The van der Waals surface area contributed by atoms with Gasteiger partial charge in [-0.15, -0.1) is 0 Å². The molecule has 0 fully saturated rings. The minimum absolute atomic E-state index is 1.18. The Hall–Kier alpha value is -1.86. The lowest BCUT2D eigenvalue weighted by Gasteiger charge is -2.05. The summed E-state index contributed by atoms with van der Waals surface area (Å²) in [5, 5.41) is 8.22. The molecule has 0 amide bonds. The molecule has 88 valence electrons. The summed E-state index contributed by atoms with van der Waals surface area (Å²) in [5.74, 6) is 0. The van der Waals surface area contributed by atoms with Gasteiger partial charge in [0.1, 0.15) is 0 Å². The Morgan fingerprint density at radius 1 is 0.579 bits per heavy atom. The number of halogens is 1. The summed E-state index contributed by atoms with van der Waals surface area (Å²) in [6.45, 7) is 0. The fraction of sp³-hybridized carbons (Fsp3) is 0. The zero-order valence-corrected chi connectivity index (χ0v) is 11.7. The highest BCUT2D eigenvalue weighted by molar-refractivity contribution is 9.10. The van der Waals surface area contributed by atoms with Crippen molar-refractivity contribution in [1.29, 1.82) is 0 Å². The van der Waals surface area contributed by atoms with E-state index in [1.807, 2.05) is 0 Å². The first-order valence-corrected chi connectivity index (χ1v) is 7.21. The second kappa shape index (κ2) is 3.17. The van der Waals surface area contributed by atoms with Crippen LogP contribution in [0, 0.1) is 0 Å². The predicted molar refractivity (Wildman–Crippen MR) is 85.7 cm³/mol. The van der Waals surface area contributed by atoms with Crippen molar-refractivity contribution in [3.8, 4) is 11.1 Å². The van der Waals surface area contributed by atoms with E-state index in [9.17, 15) is 0 Å². The molecule has 0 radical (unpaired) electrons. The van der Waals surface area contributed by atoms with E-state index in [-0.39, 0.29) is 0 Å². The van der Waals surface area contributed by atoms with Gasteiger partial charge in [0.05, 0.1) is 0 Å². The highest BCUT2D eigenvalue weighted by atomic mass is 79.9. The molecule has 0 atom stereocenters. The molecular formula is C18H9Br. The van der Waals surface area contributed by atoms with E-state index in [2.05, 4.69) is 70.5 Å². The highest BCUT2D eigenvalue weighted by Crippen LogP contribution is 2.48. The highest BCUT2D eigenvalue weighted by Gasteiger charge is 2.20. The number of benzene rings is 4. The standard InChI is InChI=1S/C18H9Br/c19-15-9-8-13-12-3-1-2-10-4-5-11-6-7-14(15)18(13)17(11)16(10)12/h1-9H. The third-order valence-corrected chi connectivity index (χ3v) is 4.93. The fourth-order valence-electron chi connectivity index (χ4n) is 3.45. The summed E-state index contributed by atoms with van der Waals surface area (Å²) < 4.78 is 1.18. The Labute approximate surface area is 118 Å². The molecule has 0 aromatic heterocycles. The maximum Gasteiger partial charge on any atom is 0.0254 e. The van der Waals surface area contributed by atoms with Crippen LogP contribution in [0.15, 0.2) is 59.1 Å². The fourth-order valence-corrected chi connectivity index (χ4v) is 3.91. The van der Waals surface area contributed by atoms with Gasteiger partial charge in [-0.2, -0.15) is 0 Å². The van der Waals surface area contributed by atoms with Crippen LogP contribution in [0.25, 0.3) is 43.4 Å². The molecule has 5 rings (SSSR count). The van der Waals surface area contributed by atoms with Gasteiger partial charge in [0.15, 0.2) is 0 Å². The van der Waals surface area contributed by atoms with E-state index in [1.54, 1.807) is 0 Å². The molecule has 0 heterocycles. The normalized spacial score (nSPS) is 12.5. The predicted octanol–water partition coefficient (Wildman–Crippen LogP) is 5.89. The van der Waals surface area contributed by atoms with Gasteiger partial charge in [0.25, 0.3) is 0 Å². The van der Waals surface area contributed by atoms with Crippen molar-refractivity contribution >= 4 is 48.2 Å². The summed E-state index contributed by atoms with van der Waals surface area (Å²) in [5.41, 5.74) is 2.75. The molecule has 0 saturated heterocycles. The molecule has 0 aliphatic heterocycles. The topological polar surface area (TPSA) is 0 Å². The van der Waals surface area contributed by atoms with E-state index in [0.29, 0.717) is 0 Å². The minimum atomic E-state index is 1.18. The minimum Gasteiger partial charge on any atom is -0.0610 e. The zero-order valence-electron chi connectivity index (χ0n) is 10.1. The SMILES string of the molecule is Brc1ccc2c3c1ccc1ccc4cccc-2c4c13. The lowest BCUT2D eigenvalue weighted by Crippen LogP contribution is -1.77. The molecule has 1 aliphatic rings. The van der Waals surface area contributed by atoms with E-state index >= 15 is 0 Å². The van der Waals surface area contributed by atoms with Crippen LogP contribution < -0.4 is 0 Å². The molecule has 19 heavy (non-hydrogen) atoms. The Balaban J connectivity index is 2.28. The van der Waals surface area contributed by atoms with Crippen molar-refractivity contribution in [1.82, 2.24) is 0 Å². The largest absolute Gasteiger partial charge is 0.0610 e. The lowest BCUT2D eigenvalue weighted by molar-refractivity contribution is 1.73. The van der Waals surface area contributed by atoms with Crippen molar-refractivity contribution in [2.75, 3.05) is 0 Å². The molecule has 1 aliphatic carbocycles. The second-order valence-electron chi connectivity index (χ2n) is 5.15. The second-order valence-corrected chi connectivity index (χ2v) is 6.00. The van der Waals surface area contributed by atoms with E-state index in [1.165, 1.54) is 47.9 Å². The first kappa shape index (κ1) is 9.99. The smallest absolute Gasteiger partial charge is 0.0254 e. The van der Waals surface area contributed by atoms with Gasteiger partial charge in [-0.25, -0.2) is 0 Å². The molecule has 0 saturated carbocycles. The third kappa shape index (κ3) is 1.06. The monoisotopic (exact) mass is 304 g/mol. The van der Waals surface area contributed by atoms with Gasteiger partial charge >= 0.3 is 0 Å². The van der Waals surface area contributed by atoms with Crippen LogP contribution >= 0.6 is 15.9 Å². The summed E-state index contributed by atoms with van der Waals surface area (Å²) in [7, 11) is 0. The quantitative estimate of drug-likeness (QED) is 0.313. The van der Waals surface area contributed by atoms with Gasteiger partial charge in [-0.05, 0) is 49.5 Å². The van der Waals surface area contributed by atoms with Gasteiger partial charge < -0.3 is 0 Å². The maximum atomic E-state index is 3.68. The molecule has 1 heteroatoms. The summed E-state index contributed by atoms with van der Waals surface area (Å²) in [4.78, 5) is 0. The first-order chi connectivity index (χ1) is 9.34. The summed E-state index contributed by atoms with van der Waals surface area (Å²) >= 11 is 3.68. The molecule has 0 nitrogen and oxygen atoms in total. The number of hydrogen-bond acceptors (Lipinski definition) is 0. The average molecular weight is 305 g/mol. The van der Waals surface area contributed by atoms with Crippen LogP contribution in [0.1, 0.15) is 0 Å². The molecular weight excluding hydrogens is 296 g/mol. The molecule has 4 aromatic carbocycles. The van der Waals surface area contributed by atoms with E-state index in [4.69, 9.17) is 0 Å². The van der Waals surface area contributed by atoms with E-state index < -0.39 is 0 Å². The Morgan fingerprint density at radius 2 is 1.32 bits per heavy atom.